The van der Waals surface area contributed by atoms with Gasteiger partial charge in [0, 0.05) is 18.0 Å². The highest BCUT2D eigenvalue weighted by atomic mass is 35.5. The van der Waals surface area contributed by atoms with Crippen LogP contribution in [-0.2, 0) is 4.79 Å². The molecule has 5 nitrogen and oxygen atoms in total. The molecule has 7 heteroatoms. The number of rotatable bonds is 2. The van der Waals surface area contributed by atoms with Gasteiger partial charge in [0.15, 0.2) is 0 Å². The Morgan fingerprint density at radius 1 is 1.32 bits per heavy atom. The first kappa shape index (κ1) is 14.1. The third-order valence-corrected chi connectivity index (χ3v) is 3.55. The summed E-state index contributed by atoms with van der Waals surface area (Å²) in [7, 11) is 0. The topological polar surface area (TPSA) is 77.8 Å². The Bertz CT molecular complexity index is 534. The maximum atomic E-state index is 12.3. The zero-order valence-electron chi connectivity index (χ0n) is 9.72. The maximum absolute atomic E-state index is 12.3. The number of hydrogen-bond acceptors (Lipinski definition) is 3. The van der Waals surface area contributed by atoms with E-state index in [0.29, 0.717) is 5.02 Å². The minimum atomic E-state index is -1.15. The third-order valence-electron chi connectivity index (χ3n) is 2.98. The lowest BCUT2D eigenvalue weighted by atomic mass is 10.1. The van der Waals surface area contributed by atoms with Gasteiger partial charge >= 0.3 is 5.97 Å². The number of aliphatic hydroxyl groups is 1. The van der Waals surface area contributed by atoms with E-state index < -0.39 is 24.0 Å². The Kier molecular flexibility index (Phi) is 3.99. The summed E-state index contributed by atoms with van der Waals surface area (Å²) in [6, 6.07) is 3.35. The molecule has 0 aromatic heterocycles. The quantitative estimate of drug-likeness (QED) is 0.871. The summed E-state index contributed by atoms with van der Waals surface area (Å²) in [6.07, 6.45) is -0.831. The van der Waals surface area contributed by atoms with Crippen molar-refractivity contribution >= 4 is 35.1 Å². The molecule has 102 valence electrons. The van der Waals surface area contributed by atoms with Gasteiger partial charge in [0.1, 0.15) is 6.04 Å². The first-order valence-corrected chi connectivity index (χ1v) is 6.32. The largest absolute Gasteiger partial charge is 0.480 e. The summed E-state index contributed by atoms with van der Waals surface area (Å²) in [4.78, 5) is 24.5. The molecule has 19 heavy (non-hydrogen) atoms. The van der Waals surface area contributed by atoms with Gasteiger partial charge in [0.05, 0.1) is 16.7 Å². The van der Waals surface area contributed by atoms with E-state index in [1.807, 2.05) is 0 Å². The van der Waals surface area contributed by atoms with Crippen molar-refractivity contribution in [2.24, 2.45) is 0 Å². The average molecular weight is 304 g/mol. The maximum Gasteiger partial charge on any atom is 0.326 e. The molecule has 0 saturated carbocycles. The number of halogens is 2. The molecule has 1 saturated heterocycles. The van der Waals surface area contributed by atoms with Gasteiger partial charge in [-0.05, 0) is 18.2 Å². The molecule has 1 aromatic rings. The third kappa shape index (κ3) is 2.83. The zero-order valence-corrected chi connectivity index (χ0v) is 11.2. The van der Waals surface area contributed by atoms with Crippen molar-refractivity contribution in [3.05, 3.63) is 33.8 Å². The first-order valence-electron chi connectivity index (χ1n) is 5.57. The van der Waals surface area contributed by atoms with Crippen LogP contribution in [0.1, 0.15) is 16.8 Å². The fourth-order valence-corrected chi connectivity index (χ4v) is 2.46. The monoisotopic (exact) mass is 303 g/mol. The van der Waals surface area contributed by atoms with Crippen molar-refractivity contribution in [3.63, 3.8) is 0 Å². The van der Waals surface area contributed by atoms with Crippen molar-refractivity contribution in [2.45, 2.75) is 18.6 Å². The summed E-state index contributed by atoms with van der Waals surface area (Å²) in [5.41, 5.74) is 0.134. The number of benzene rings is 1. The molecule has 0 radical (unpaired) electrons. The minimum absolute atomic E-state index is 0.0132. The standard InChI is InChI=1S/C12H11Cl2NO4/c13-6-1-2-9(14)8(3-6)11(17)15-5-7(16)4-10(15)12(18)19/h1-3,7,10,16H,4-5H2,(H,18,19)/t7?,10-/m0/s1. The summed E-state index contributed by atoms with van der Waals surface area (Å²) in [5.74, 6) is -1.69. The predicted octanol–water partition coefficient (Wildman–Crippen LogP) is 1.65. The Labute approximate surface area is 119 Å². The molecule has 0 aliphatic carbocycles. The van der Waals surface area contributed by atoms with Crippen molar-refractivity contribution in [3.8, 4) is 0 Å². The number of hydrogen-bond donors (Lipinski definition) is 2. The Balaban J connectivity index is 2.33. The van der Waals surface area contributed by atoms with Crippen LogP contribution in [0, 0.1) is 0 Å². The Morgan fingerprint density at radius 2 is 2.00 bits per heavy atom. The molecule has 2 N–H and O–H groups in total. The van der Waals surface area contributed by atoms with Gasteiger partial charge in [-0.25, -0.2) is 4.79 Å². The van der Waals surface area contributed by atoms with Crippen molar-refractivity contribution in [1.29, 1.82) is 0 Å². The van der Waals surface area contributed by atoms with E-state index in [1.54, 1.807) is 0 Å². The van der Waals surface area contributed by atoms with Crippen LogP contribution in [0.4, 0.5) is 0 Å². The lowest BCUT2D eigenvalue weighted by Gasteiger charge is -2.21. The number of aliphatic hydroxyl groups excluding tert-OH is 1. The van der Waals surface area contributed by atoms with Crippen LogP contribution in [0.2, 0.25) is 10.0 Å². The van der Waals surface area contributed by atoms with E-state index >= 15 is 0 Å². The first-order chi connectivity index (χ1) is 8.90. The molecule has 0 spiro atoms. The zero-order chi connectivity index (χ0) is 14.2. The van der Waals surface area contributed by atoms with E-state index in [9.17, 15) is 14.7 Å². The van der Waals surface area contributed by atoms with Crippen molar-refractivity contribution < 1.29 is 19.8 Å². The fourth-order valence-electron chi connectivity index (χ4n) is 2.09. The van der Waals surface area contributed by atoms with Gasteiger partial charge in [-0.1, -0.05) is 23.2 Å². The number of carboxylic acids is 1. The lowest BCUT2D eigenvalue weighted by molar-refractivity contribution is -0.141. The SMILES string of the molecule is O=C(O)[C@@H]1CC(O)CN1C(=O)c1cc(Cl)ccc1Cl. The smallest absolute Gasteiger partial charge is 0.326 e. The van der Waals surface area contributed by atoms with Gasteiger partial charge in [-0.3, -0.25) is 4.79 Å². The van der Waals surface area contributed by atoms with Crippen LogP contribution in [-0.4, -0.2) is 45.7 Å². The lowest BCUT2D eigenvalue weighted by Crippen LogP contribution is -2.40. The van der Waals surface area contributed by atoms with E-state index in [4.69, 9.17) is 28.3 Å². The number of carboxylic acid groups (broad SMARTS) is 1. The highest BCUT2D eigenvalue weighted by molar-refractivity contribution is 6.35. The number of β-amino-alcohol motifs (C(OH)–C–C–N with tert-alkyl or cyclic N) is 1. The molecule has 2 rings (SSSR count). The van der Waals surface area contributed by atoms with Crippen LogP contribution >= 0.6 is 23.2 Å². The van der Waals surface area contributed by atoms with Gasteiger partial charge < -0.3 is 15.1 Å². The molecular formula is C12H11Cl2NO4. The molecule has 1 amide bonds. The number of likely N-dealkylation sites (tertiary alicyclic amines) is 1. The second-order valence-corrected chi connectivity index (χ2v) is 5.17. The van der Waals surface area contributed by atoms with Crippen LogP contribution in [0.5, 0.6) is 0 Å². The Hall–Kier alpha value is -1.30. The number of amides is 1. The molecule has 1 unspecified atom stereocenters. The normalized spacial score (nSPS) is 22.6. The summed E-state index contributed by atoms with van der Waals surface area (Å²) >= 11 is 11.7. The van der Waals surface area contributed by atoms with Gasteiger partial charge in [0.25, 0.3) is 5.91 Å². The van der Waals surface area contributed by atoms with Gasteiger partial charge in [0.2, 0.25) is 0 Å². The second-order valence-electron chi connectivity index (χ2n) is 4.33. The highest BCUT2D eigenvalue weighted by Crippen LogP contribution is 2.26. The number of nitrogens with zero attached hydrogens (tertiary/aromatic N) is 1. The molecule has 1 aliphatic rings. The molecule has 1 aromatic carbocycles. The number of aliphatic carboxylic acids is 1. The summed E-state index contributed by atoms with van der Waals surface area (Å²) in [5, 5.41) is 19.1. The van der Waals surface area contributed by atoms with E-state index in [2.05, 4.69) is 0 Å². The van der Waals surface area contributed by atoms with E-state index in [0.717, 1.165) is 4.90 Å². The van der Waals surface area contributed by atoms with Crippen LogP contribution in [0.3, 0.4) is 0 Å². The van der Waals surface area contributed by atoms with Crippen LogP contribution in [0.15, 0.2) is 18.2 Å². The van der Waals surface area contributed by atoms with E-state index in [1.165, 1.54) is 18.2 Å². The summed E-state index contributed by atoms with van der Waals surface area (Å²) < 4.78 is 0. The molecule has 2 atom stereocenters. The molecule has 1 aliphatic heterocycles. The average Bonchev–Trinajstić information content (AvgIpc) is 2.74. The van der Waals surface area contributed by atoms with Gasteiger partial charge in [-0.2, -0.15) is 0 Å². The fraction of sp³-hybridized carbons (Fsp3) is 0.333. The molecule has 0 bridgehead atoms. The highest BCUT2D eigenvalue weighted by Gasteiger charge is 2.39. The van der Waals surface area contributed by atoms with Crippen molar-refractivity contribution in [1.82, 2.24) is 4.90 Å². The predicted molar refractivity (Wildman–Crippen MR) is 69.5 cm³/mol. The molecular weight excluding hydrogens is 293 g/mol. The summed E-state index contributed by atoms with van der Waals surface area (Å²) in [6.45, 7) is -0.0291. The number of carbonyl (C=O) groups is 2. The van der Waals surface area contributed by atoms with Crippen LogP contribution in [0.25, 0.3) is 0 Å². The van der Waals surface area contributed by atoms with E-state index in [-0.39, 0.29) is 23.6 Å². The minimum Gasteiger partial charge on any atom is -0.480 e. The second kappa shape index (κ2) is 5.36. The Morgan fingerprint density at radius 3 is 2.63 bits per heavy atom. The molecule has 1 heterocycles. The number of carbonyl (C=O) groups excluding carboxylic acids is 1. The van der Waals surface area contributed by atoms with Gasteiger partial charge in [-0.15, -0.1) is 0 Å². The molecule has 1 fully saturated rings. The van der Waals surface area contributed by atoms with Crippen LogP contribution < -0.4 is 0 Å². The van der Waals surface area contributed by atoms with Crippen molar-refractivity contribution in [2.75, 3.05) is 6.54 Å².